The summed E-state index contributed by atoms with van der Waals surface area (Å²) in [4.78, 5) is 25.9. The Morgan fingerprint density at radius 2 is 2.04 bits per heavy atom. The highest BCUT2D eigenvalue weighted by molar-refractivity contribution is 6.04. The summed E-state index contributed by atoms with van der Waals surface area (Å²) in [5.41, 5.74) is 0.919. The summed E-state index contributed by atoms with van der Waals surface area (Å²) in [7, 11) is 1.52. The lowest BCUT2D eigenvalue weighted by atomic mass is 9.92. The number of carbonyl (C=O) groups is 2. The molecule has 0 radical (unpaired) electrons. The van der Waals surface area contributed by atoms with Crippen LogP contribution in [-0.4, -0.2) is 31.4 Å². The van der Waals surface area contributed by atoms with Crippen LogP contribution in [0.3, 0.4) is 0 Å². The van der Waals surface area contributed by atoms with Gasteiger partial charge in [-0.2, -0.15) is 0 Å². The molecule has 0 N–H and O–H groups in total. The fourth-order valence-corrected chi connectivity index (χ4v) is 2.85. The fraction of sp³-hybridized carbons (Fsp3) is 0.444. The molecule has 5 nitrogen and oxygen atoms in total. The van der Waals surface area contributed by atoms with E-state index in [9.17, 15) is 9.59 Å². The predicted octanol–water partition coefficient (Wildman–Crippen LogP) is 3.37. The second kappa shape index (κ2) is 6.44. The molecule has 5 heteroatoms. The number of hydrogen-bond acceptors (Lipinski definition) is 4. The first-order chi connectivity index (χ1) is 10.9. The Kier molecular flexibility index (Phi) is 4.78. The lowest BCUT2D eigenvalue weighted by Crippen LogP contribution is -2.56. The van der Waals surface area contributed by atoms with E-state index in [4.69, 9.17) is 9.47 Å². The first kappa shape index (κ1) is 17.1. The summed E-state index contributed by atoms with van der Waals surface area (Å²) in [6, 6.07) is 3.28. The Labute approximate surface area is 136 Å². The number of methoxy groups -OCH3 is 1. The van der Waals surface area contributed by atoms with Gasteiger partial charge in [-0.05, 0) is 31.9 Å². The van der Waals surface area contributed by atoms with Crippen LogP contribution in [0.4, 0.5) is 5.69 Å². The van der Waals surface area contributed by atoms with Crippen molar-refractivity contribution in [3.8, 4) is 11.5 Å². The number of ether oxygens (including phenoxy) is 2. The van der Waals surface area contributed by atoms with Crippen molar-refractivity contribution in [1.82, 2.24) is 0 Å². The summed E-state index contributed by atoms with van der Waals surface area (Å²) in [5.74, 6) is 0.848. The summed E-state index contributed by atoms with van der Waals surface area (Å²) in [5, 5.41) is 0. The highest BCUT2D eigenvalue weighted by Crippen LogP contribution is 2.46. The van der Waals surface area contributed by atoms with Crippen LogP contribution in [0, 0.1) is 0 Å². The van der Waals surface area contributed by atoms with Gasteiger partial charge in [-0.3, -0.25) is 9.59 Å². The number of anilines is 1. The minimum atomic E-state index is -0.918. The number of fused-ring (bicyclic) bond motifs is 1. The molecule has 2 rings (SSSR count). The van der Waals surface area contributed by atoms with Crippen LogP contribution in [-0.2, 0) is 4.79 Å². The van der Waals surface area contributed by atoms with Crippen LogP contribution < -0.4 is 14.4 Å². The molecule has 23 heavy (non-hydrogen) atoms. The minimum Gasteiger partial charge on any atom is -0.493 e. The topological polar surface area (TPSA) is 55.8 Å². The number of hydrogen-bond donors (Lipinski definition) is 0. The molecule has 0 fully saturated rings. The molecule has 1 heterocycles. The summed E-state index contributed by atoms with van der Waals surface area (Å²) >= 11 is 0. The van der Waals surface area contributed by atoms with E-state index in [1.165, 1.54) is 7.11 Å². The van der Waals surface area contributed by atoms with Gasteiger partial charge < -0.3 is 14.4 Å². The first-order valence-corrected chi connectivity index (χ1v) is 7.75. The average molecular weight is 317 g/mol. The number of nitrogens with zero attached hydrogens (tertiary/aromatic N) is 1. The van der Waals surface area contributed by atoms with Crippen LogP contribution in [0.5, 0.6) is 11.5 Å². The molecule has 1 amide bonds. The monoisotopic (exact) mass is 317 g/mol. The van der Waals surface area contributed by atoms with Gasteiger partial charge in [-0.15, -0.1) is 0 Å². The van der Waals surface area contributed by atoms with Crippen molar-refractivity contribution in [2.75, 3.05) is 18.6 Å². The molecule has 0 spiro atoms. The highest BCUT2D eigenvalue weighted by atomic mass is 16.5. The van der Waals surface area contributed by atoms with E-state index in [1.807, 2.05) is 20.8 Å². The molecule has 1 aliphatic heterocycles. The number of rotatable bonds is 6. The van der Waals surface area contributed by atoms with E-state index in [2.05, 4.69) is 6.58 Å². The van der Waals surface area contributed by atoms with Crippen LogP contribution in [0.1, 0.15) is 44.0 Å². The third kappa shape index (κ3) is 2.83. The van der Waals surface area contributed by atoms with Crippen LogP contribution in [0.25, 0.3) is 0 Å². The lowest BCUT2D eigenvalue weighted by Gasteiger charge is -2.42. The Balaban J connectivity index is 2.70. The lowest BCUT2D eigenvalue weighted by molar-refractivity contribution is -0.136. The zero-order valence-corrected chi connectivity index (χ0v) is 14.1. The van der Waals surface area contributed by atoms with Gasteiger partial charge in [-0.1, -0.05) is 26.0 Å². The number of amides is 1. The summed E-state index contributed by atoms with van der Waals surface area (Å²) in [6.07, 6.45) is 1.83. The van der Waals surface area contributed by atoms with E-state index in [0.29, 0.717) is 42.1 Å². The van der Waals surface area contributed by atoms with Gasteiger partial charge >= 0.3 is 0 Å². The average Bonchev–Trinajstić information content (AvgIpc) is 2.56. The van der Waals surface area contributed by atoms with E-state index < -0.39 is 5.60 Å². The predicted molar refractivity (Wildman–Crippen MR) is 89.5 cm³/mol. The fourth-order valence-electron chi connectivity index (χ4n) is 2.85. The molecule has 0 aromatic heterocycles. The maximum Gasteiger partial charge on any atom is 0.271 e. The third-order valence-corrected chi connectivity index (χ3v) is 4.21. The largest absolute Gasteiger partial charge is 0.493 e. The third-order valence-electron chi connectivity index (χ3n) is 4.21. The van der Waals surface area contributed by atoms with Gasteiger partial charge in [0.15, 0.2) is 17.1 Å². The normalized spacial score (nSPS) is 15.7. The summed E-state index contributed by atoms with van der Waals surface area (Å²) < 4.78 is 11.5. The van der Waals surface area contributed by atoms with Gasteiger partial charge in [0, 0.05) is 12.1 Å². The van der Waals surface area contributed by atoms with Crippen LogP contribution in [0.15, 0.2) is 24.3 Å². The van der Waals surface area contributed by atoms with E-state index >= 15 is 0 Å². The Hall–Kier alpha value is -2.30. The Bertz CT molecular complexity index is 647. The van der Waals surface area contributed by atoms with Crippen molar-refractivity contribution in [1.29, 1.82) is 0 Å². The molecule has 0 saturated carbocycles. The van der Waals surface area contributed by atoms with Gasteiger partial charge in [0.1, 0.15) is 6.29 Å². The second-order valence-corrected chi connectivity index (χ2v) is 5.84. The number of carbonyl (C=O) groups excluding carboxylic acids is 2. The number of aldehydes is 1. The zero-order chi connectivity index (χ0) is 17.2. The summed E-state index contributed by atoms with van der Waals surface area (Å²) in [6.45, 7) is 10.0. The molecule has 0 saturated heterocycles. The van der Waals surface area contributed by atoms with Crippen molar-refractivity contribution in [3.05, 3.63) is 29.8 Å². The molecule has 0 unspecified atom stereocenters. The van der Waals surface area contributed by atoms with Crippen molar-refractivity contribution < 1.29 is 19.1 Å². The smallest absolute Gasteiger partial charge is 0.271 e. The molecule has 0 atom stereocenters. The molecular weight excluding hydrogens is 294 g/mol. The Morgan fingerprint density at radius 1 is 1.39 bits per heavy atom. The van der Waals surface area contributed by atoms with Crippen molar-refractivity contribution >= 4 is 17.9 Å². The molecule has 0 bridgehead atoms. The molecule has 124 valence electrons. The van der Waals surface area contributed by atoms with Gasteiger partial charge in [0.25, 0.3) is 5.91 Å². The second-order valence-electron chi connectivity index (χ2n) is 5.84. The minimum absolute atomic E-state index is 0.108. The molecule has 1 aromatic rings. The highest BCUT2D eigenvalue weighted by Gasteiger charge is 2.46. The molecule has 0 aliphatic carbocycles. The zero-order valence-electron chi connectivity index (χ0n) is 14.1. The molecule has 1 aromatic carbocycles. The molecule has 1 aliphatic rings. The Morgan fingerprint density at radius 3 is 2.52 bits per heavy atom. The van der Waals surface area contributed by atoms with E-state index in [1.54, 1.807) is 17.0 Å². The SMILES string of the molecule is C=C(C)CN1C(=O)C(CC)(CC)Oc2c(OC)cc(C=O)cc21. The van der Waals surface area contributed by atoms with Crippen molar-refractivity contribution in [2.24, 2.45) is 0 Å². The van der Waals surface area contributed by atoms with Crippen molar-refractivity contribution in [2.45, 2.75) is 39.2 Å². The van der Waals surface area contributed by atoms with Crippen molar-refractivity contribution in [3.63, 3.8) is 0 Å². The van der Waals surface area contributed by atoms with E-state index in [0.717, 1.165) is 11.9 Å². The van der Waals surface area contributed by atoms with Gasteiger partial charge in [-0.25, -0.2) is 0 Å². The van der Waals surface area contributed by atoms with Crippen LogP contribution in [0.2, 0.25) is 0 Å². The van der Waals surface area contributed by atoms with Crippen LogP contribution >= 0.6 is 0 Å². The standard InChI is InChI=1S/C18H23NO4/c1-6-18(7-2)17(21)19(10-12(3)4)14-8-13(11-20)9-15(22-5)16(14)23-18/h8-9,11H,3,6-7,10H2,1-2,4-5H3. The first-order valence-electron chi connectivity index (χ1n) is 7.75. The maximum absolute atomic E-state index is 13.0. The van der Waals surface area contributed by atoms with Gasteiger partial charge in [0.2, 0.25) is 0 Å². The maximum atomic E-state index is 13.0. The molecular formula is C18H23NO4. The number of benzene rings is 1. The van der Waals surface area contributed by atoms with E-state index in [-0.39, 0.29) is 5.91 Å². The van der Waals surface area contributed by atoms with Gasteiger partial charge in [0.05, 0.1) is 12.8 Å². The quantitative estimate of drug-likeness (QED) is 0.596.